The molecule has 2 N–H and O–H groups in total. The van der Waals surface area contributed by atoms with Crippen molar-refractivity contribution in [2.45, 2.75) is 20.0 Å². The van der Waals surface area contributed by atoms with Gasteiger partial charge in [0.2, 0.25) is 0 Å². The van der Waals surface area contributed by atoms with Crippen LogP contribution in [0.1, 0.15) is 22.8 Å². The molecule has 8 heteroatoms. The highest BCUT2D eigenvalue weighted by Crippen LogP contribution is 2.18. The number of para-hydroxylation sites is 1. The molecule has 2 aromatic rings. The third kappa shape index (κ3) is 5.73. The molecule has 2 amide bonds. The Morgan fingerprint density at radius 2 is 1.73 bits per heavy atom. The summed E-state index contributed by atoms with van der Waals surface area (Å²) in [6.07, 6.45) is 0.764. The molecule has 138 valence electrons. The highest BCUT2D eigenvalue weighted by molar-refractivity contribution is 5.95. The van der Waals surface area contributed by atoms with Crippen LogP contribution in [-0.4, -0.2) is 25.0 Å². The van der Waals surface area contributed by atoms with E-state index >= 15 is 0 Å². The van der Waals surface area contributed by atoms with E-state index in [4.69, 9.17) is 4.74 Å². The van der Waals surface area contributed by atoms with Gasteiger partial charge in [-0.25, -0.2) is 0 Å². The molecule has 0 spiro atoms. The van der Waals surface area contributed by atoms with Gasteiger partial charge in [-0.05, 0) is 42.3 Å². The molecule has 0 fully saturated rings. The summed E-state index contributed by atoms with van der Waals surface area (Å²) in [5.74, 6) is -0.604. The maximum Gasteiger partial charge on any atom is 0.387 e. The Kier molecular flexibility index (Phi) is 6.90. The second kappa shape index (κ2) is 9.36. The highest BCUT2D eigenvalue weighted by atomic mass is 19.3. The van der Waals surface area contributed by atoms with Gasteiger partial charge in [-0.2, -0.15) is 8.78 Å². The lowest BCUT2D eigenvalue weighted by Gasteiger charge is -2.11. The Labute approximate surface area is 149 Å². The Bertz CT molecular complexity index is 751. The molecule has 0 bridgehead atoms. The van der Waals surface area contributed by atoms with Crippen LogP contribution in [-0.2, 0) is 11.2 Å². The zero-order valence-corrected chi connectivity index (χ0v) is 14.0. The van der Waals surface area contributed by atoms with Crippen molar-refractivity contribution < 1.29 is 27.8 Å². The number of halogens is 2. The fourth-order valence-electron chi connectivity index (χ4n) is 2.10. The molecule has 0 saturated carbocycles. The number of rotatable bonds is 7. The van der Waals surface area contributed by atoms with Gasteiger partial charge in [0.15, 0.2) is 6.61 Å². The molecule has 26 heavy (non-hydrogen) atoms. The van der Waals surface area contributed by atoms with Crippen molar-refractivity contribution in [2.24, 2.45) is 0 Å². The molecule has 0 aliphatic rings. The minimum atomic E-state index is -2.94. The third-order valence-corrected chi connectivity index (χ3v) is 3.37. The molecular formula is C18H18F2N2O4. The summed E-state index contributed by atoms with van der Waals surface area (Å²) in [5, 5.41) is 0. The minimum absolute atomic E-state index is 0.0661. The fourth-order valence-corrected chi connectivity index (χ4v) is 2.10. The monoisotopic (exact) mass is 364 g/mol. The van der Waals surface area contributed by atoms with Crippen molar-refractivity contribution in [1.29, 1.82) is 0 Å². The van der Waals surface area contributed by atoms with Crippen LogP contribution in [0.2, 0.25) is 0 Å². The second-order valence-electron chi connectivity index (χ2n) is 5.16. The predicted molar refractivity (Wildman–Crippen MR) is 90.0 cm³/mol. The van der Waals surface area contributed by atoms with Gasteiger partial charge in [0.25, 0.3) is 11.8 Å². The summed E-state index contributed by atoms with van der Waals surface area (Å²) in [6.45, 7) is -1.23. The average molecular weight is 364 g/mol. The number of hydrazine groups is 1. The maximum absolute atomic E-state index is 12.1. The topological polar surface area (TPSA) is 76.7 Å². The van der Waals surface area contributed by atoms with Crippen LogP contribution in [0, 0.1) is 0 Å². The number of ether oxygens (including phenoxy) is 2. The standard InChI is InChI=1S/C18H18F2N2O4/c1-2-12-5-3-4-6-15(12)25-11-16(23)21-22-17(24)13-7-9-14(10-8-13)26-18(19)20/h3-10,18H,2,11H2,1H3,(H,21,23)(H,22,24). The van der Waals surface area contributed by atoms with E-state index in [-0.39, 0.29) is 17.9 Å². The number of amides is 2. The van der Waals surface area contributed by atoms with Crippen LogP contribution < -0.4 is 20.3 Å². The average Bonchev–Trinajstić information content (AvgIpc) is 2.64. The summed E-state index contributed by atoms with van der Waals surface area (Å²) in [7, 11) is 0. The summed E-state index contributed by atoms with van der Waals surface area (Å²) < 4.78 is 33.8. The molecule has 0 heterocycles. The molecular weight excluding hydrogens is 346 g/mol. The zero-order valence-electron chi connectivity index (χ0n) is 14.0. The molecule has 2 aromatic carbocycles. The first-order valence-electron chi connectivity index (χ1n) is 7.84. The van der Waals surface area contributed by atoms with Gasteiger partial charge in [-0.1, -0.05) is 25.1 Å². The Morgan fingerprint density at radius 3 is 2.38 bits per heavy atom. The van der Waals surface area contributed by atoms with Crippen LogP contribution in [0.5, 0.6) is 11.5 Å². The van der Waals surface area contributed by atoms with E-state index in [0.29, 0.717) is 5.75 Å². The van der Waals surface area contributed by atoms with E-state index in [1.165, 1.54) is 24.3 Å². The molecule has 0 aliphatic carbocycles. The zero-order chi connectivity index (χ0) is 18.9. The fraction of sp³-hybridized carbons (Fsp3) is 0.222. The first-order valence-corrected chi connectivity index (χ1v) is 7.84. The van der Waals surface area contributed by atoms with Crippen LogP contribution in [0.15, 0.2) is 48.5 Å². The number of alkyl halides is 2. The molecule has 0 atom stereocenters. The van der Waals surface area contributed by atoms with Gasteiger partial charge in [0.05, 0.1) is 0 Å². The number of benzene rings is 2. The highest BCUT2D eigenvalue weighted by Gasteiger charge is 2.10. The van der Waals surface area contributed by atoms with Gasteiger partial charge < -0.3 is 9.47 Å². The Morgan fingerprint density at radius 1 is 1.04 bits per heavy atom. The summed E-state index contributed by atoms with van der Waals surface area (Å²) in [6, 6.07) is 12.4. The van der Waals surface area contributed by atoms with Crippen LogP contribution in [0.25, 0.3) is 0 Å². The number of nitrogens with one attached hydrogen (secondary N) is 2. The van der Waals surface area contributed by atoms with E-state index in [1.807, 2.05) is 19.1 Å². The Balaban J connectivity index is 1.80. The molecule has 6 nitrogen and oxygen atoms in total. The predicted octanol–water partition coefficient (Wildman–Crippen LogP) is 2.69. The van der Waals surface area contributed by atoms with Crippen molar-refractivity contribution in [3.63, 3.8) is 0 Å². The number of carbonyl (C=O) groups is 2. The van der Waals surface area contributed by atoms with E-state index in [0.717, 1.165) is 12.0 Å². The van der Waals surface area contributed by atoms with E-state index in [2.05, 4.69) is 15.6 Å². The number of hydrogen-bond acceptors (Lipinski definition) is 4. The number of hydrogen-bond donors (Lipinski definition) is 2. The first-order chi connectivity index (χ1) is 12.5. The number of carbonyl (C=O) groups excluding carboxylic acids is 2. The molecule has 0 saturated heterocycles. The molecule has 0 aliphatic heterocycles. The maximum atomic E-state index is 12.1. The summed E-state index contributed by atoms with van der Waals surface area (Å²) in [5.41, 5.74) is 5.58. The van der Waals surface area contributed by atoms with Gasteiger partial charge in [0.1, 0.15) is 11.5 Å². The van der Waals surface area contributed by atoms with Crippen molar-refractivity contribution in [1.82, 2.24) is 10.9 Å². The van der Waals surface area contributed by atoms with Crippen molar-refractivity contribution in [2.75, 3.05) is 6.61 Å². The summed E-state index contributed by atoms with van der Waals surface area (Å²) in [4.78, 5) is 23.7. The quantitative estimate of drug-likeness (QED) is 0.741. The third-order valence-electron chi connectivity index (χ3n) is 3.37. The lowest BCUT2D eigenvalue weighted by molar-refractivity contribution is -0.123. The van der Waals surface area contributed by atoms with Gasteiger partial charge in [-0.15, -0.1) is 0 Å². The van der Waals surface area contributed by atoms with E-state index in [9.17, 15) is 18.4 Å². The van der Waals surface area contributed by atoms with E-state index in [1.54, 1.807) is 12.1 Å². The first kappa shape index (κ1) is 19.2. The molecule has 0 radical (unpaired) electrons. The van der Waals surface area contributed by atoms with Crippen molar-refractivity contribution in [3.8, 4) is 11.5 Å². The lowest BCUT2D eigenvalue weighted by atomic mass is 10.1. The summed E-state index contributed by atoms with van der Waals surface area (Å²) >= 11 is 0. The van der Waals surface area contributed by atoms with Crippen LogP contribution in [0.3, 0.4) is 0 Å². The normalized spacial score (nSPS) is 10.3. The second-order valence-corrected chi connectivity index (χ2v) is 5.16. The lowest BCUT2D eigenvalue weighted by Crippen LogP contribution is -2.43. The van der Waals surface area contributed by atoms with Crippen molar-refractivity contribution >= 4 is 11.8 Å². The van der Waals surface area contributed by atoms with Gasteiger partial charge in [0, 0.05) is 5.56 Å². The minimum Gasteiger partial charge on any atom is -0.483 e. The molecule has 0 aromatic heterocycles. The SMILES string of the molecule is CCc1ccccc1OCC(=O)NNC(=O)c1ccc(OC(F)F)cc1. The van der Waals surface area contributed by atoms with Crippen molar-refractivity contribution in [3.05, 3.63) is 59.7 Å². The molecule has 0 unspecified atom stereocenters. The largest absolute Gasteiger partial charge is 0.483 e. The Hall–Kier alpha value is -3.16. The van der Waals surface area contributed by atoms with Gasteiger partial charge >= 0.3 is 6.61 Å². The van der Waals surface area contributed by atoms with Crippen LogP contribution in [0.4, 0.5) is 8.78 Å². The van der Waals surface area contributed by atoms with Gasteiger partial charge in [-0.3, -0.25) is 20.4 Å². The number of aryl methyl sites for hydroxylation is 1. The van der Waals surface area contributed by atoms with Crippen LogP contribution >= 0.6 is 0 Å². The smallest absolute Gasteiger partial charge is 0.387 e. The van der Waals surface area contributed by atoms with E-state index < -0.39 is 18.4 Å². The molecule has 2 rings (SSSR count).